The van der Waals surface area contributed by atoms with E-state index < -0.39 is 12.0 Å². The predicted octanol–water partition coefficient (Wildman–Crippen LogP) is 3.07. The Labute approximate surface area is 127 Å². The largest absolute Gasteiger partial charge is 0.508 e. The van der Waals surface area contributed by atoms with Gasteiger partial charge in [-0.3, -0.25) is 10.1 Å². The predicted molar refractivity (Wildman–Crippen MR) is 84.8 cm³/mol. The van der Waals surface area contributed by atoms with Crippen molar-refractivity contribution in [3.8, 4) is 5.75 Å². The van der Waals surface area contributed by atoms with E-state index in [4.69, 9.17) is 0 Å². The Kier molecular flexibility index (Phi) is 5.05. The van der Waals surface area contributed by atoms with E-state index in [-0.39, 0.29) is 16.7 Å². The fourth-order valence-corrected chi connectivity index (χ4v) is 2.27. The first-order valence-electron chi connectivity index (χ1n) is 7.23. The van der Waals surface area contributed by atoms with Crippen LogP contribution in [0.5, 0.6) is 5.75 Å². The maximum Gasteiger partial charge on any atom is 0.321 e. The van der Waals surface area contributed by atoms with Gasteiger partial charge >= 0.3 is 5.97 Å². The molecule has 4 heteroatoms. The number of carbonyl (C=O) groups is 1. The number of hydrogen-bond acceptors (Lipinski definition) is 3. The summed E-state index contributed by atoms with van der Waals surface area (Å²) in [6.07, 6.45) is 0.385. The lowest BCUT2D eigenvalue weighted by atomic mass is 9.84. The summed E-state index contributed by atoms with van der Waals surface area (Å²) in [5, 5.41) is 22.5. The highest BCUT2D eigenvalue weighted by molar-refractivity contribution is 5.74. The summed E-state index contributed by atoms with van der Waals surface area (Å²) in [4.78, 5) is 11.4. The summed E-state index contributed by atoms with van der Waals surface area (Å²) >= 11 is 0. The van der Waals surface area contributed by atoms with Crippen LogP contribution in [0.4, 0.5) is 0 Å². The minimum absolute atomic E-state index is 0.184. The van der Waals surface area contributed by atoms with Crippen LogP contribution in [-0.2, 0) is 16.6 Å². The Hall–Kier alpha value is -1.55. The van der Waals surface area contributed by atoms with E-state index >= 15 is 0 Å². The van der Waals surface area contributed by atoms with Crippen molar-refractivity contribution in [1.29, 1.82) is 0 Å². The SMILES string of the molecule is CC(C)(C)N[C@@H](Cc1ccc(O)c(C(C)(C)C)c1)C(=O)O. The molecule has 0 fully saturated rings. The topological polar surface area (TPSA) is 69.6 Å². The number of phenolic OH excluding ortho intramolecular Hbond substituents is 1. The average molecular weight is 293 g/mol. The quantitative estimate of drug-likeness (QED) is 0.798. The van der Waals surface area contributed by atoms with Gasteiger partial charge < -0.3 is 10.2 Å². The number of hydrogen-bond donors (Lipinski definition) is 3. The van der Waals surface area contributed by atoms with Crippen LogP contribution in [-0.4, -0.2) is 27.8 Å². The lowest BCUT2D eigenvalue weighted by molar-refractivity contribution is -0.140. The highest BCUT2D eigenvalue weighted by Gasteiger charge is 2.25. The molecule has 0 radical (unpaired) electrons. The summed E-state index contributed by atoms with van der Waals surface area (Å²) in [5.41, 5.74) is 1.28. The minimum atomic E-state index is -0.865. The Morgan fingerprint density at radius 2 is 1.76 bits per heavy atom. The highest BCUT2D eigenvalue weighted by atomic mass is 16.4. The maximum absolute atomic E-state index is 11.4. The van der Waals surface area contributed by atoms with Gasteiger partial charge in [-0.2, -0.15) is 0 Å². The van der Waals surface area contributed by atoms with E-state index in [1.54, 1.807) is 12.1 Å². The zero-order valence-electron chi connectivity index (χ0n) is 13.8. The van der Waals surface area contributed by atoms with Crippen molar-refractivity contribution >= 4 is 5.97 Å². The second-order valence-electron chi connectivity index (χ2n) is 7.59. The minimum Gasteiger partial charge on any atom is -0.508 e. The van der Waals surface area contributed by atoms with Crippen molar-refractivity contribution in [2.45, 2.75) is 65.0 Å². The molecular formula is C17H27NO3. The standard InChI is InChI=1S/C17H27NO3/c1-16(2,3)12-9-11(7-8-14(12)19)10-13(15(20)21)18-17(4,5)6/h7-9,13,18-19H,10H2,1-6H3,(H,20,21)/t13-/m0/s1. The molecule has 0 heterocycles. The number of carboxylic acid groups (broad SMARTS) is 1. The summed E-state index contributed by atoms with van der Waals surface area (Å²) in [7, 11) is 0. The van der Waals surface area contributed by atoms with Crippen LogP contribution in [0.15, 0.2) is 18.2 Å². The fourth-order valence-electron chi connectivity index (χ4n) is 2.27. The first-order chi connectivity index (χ1) is 9.40. The number of phenols is 1. The van der Waals surface area contributed by atoms with E-state index in [1.807, 2.05) is 47.6 Å². The lowest BCUT2D eigenvalue weighted by Gasteiger charge is -2.27. The van der Waals surface area contributed by atoms with Crippen molar-refractivity contribution in [2.75, 3.05) is 0 Å². The van der Waals surface area contributed by atoms with E-state index in [0.29, 0.717) is 6.42 Å². The second kappa shape index (κ2) is 6.06. The van der Waals surface area contributed by atoms with Gasteiger partial charge in [-0.15, -0.1) is 0 Å². The molecule has 0 saturated carbocycles. The molecule has 0 amide bonds. The van der Waals surface area contributed by atoms with Crippen molar-refractivity contribution in [1.82, 2.24) is 5.32 Å². The smallest absolute Gasteiger partial charge is 0.321 e. The lowest BCUT2D eigenvalue weighted by Crippen LogP contribution is -2.48. The molecule has 118 valence electrons. The third-order valence-electron chi connectivity index (χ3n) is 3.21. The van der Waals surface area contributed by atoms with Gasteiger partial charge in [0.2, 0.25) is 0 Å². The molecule has 0 saturated heterocycles. The number of aliphatic carboxylic acids is 1. The molecule has 0 aliphatic carbocycles. The van der Waals surface area contributed by atoms with Gasteiger partial charge in [-0.25, -0.2) is 0 Å². The zero-order chi connectivity index (χ0) is 16.4. The molecule has 4 nitrogen and oxygen atoms in total. The number of carboxylic acids is 1. The summed E-state index contributed by atoms with van der Waals surface area (Å²) in [6.45, 7) is 11.9. The van der Waals surface area contributed by atoms with E-state index in [2.05, 4.69) is 5.32 Å². The number of aromatic hydroxyl groups is 1. The Balaban J connectivity index is 3.03. The maximum atomic E-state index is 11.4. The van der Waals surface area contributed by atoms with Gasteiger partial charge in [0.25, 0.3) is 0 Å². The number of rotatable bonds is 4. The van der Waals surface area contributed by atoms with Gasteiger partial charge in [-0.05, 0) is 49.8 Å². The molecule has 0 bridgehead atoms. The van der Waals surface area contributed by atoms with Crippen molar-refractivity contribution in [3.05, 3.63) is 29.3 Å². The van der Waals surface area contributed by atoms with Crippen LogP contribution in [0, 0.1) is 0 Å². The molecule has 0 aromatic heterocycles. The molecule has 0 spiro atoms. The van der Waals surface area contributed by atoms with Gasteiger partial charge in [0.05, 0.1) is 0 Å². The summed E-state index contributed by atoms with van der Waals surface area (Å²) in [5.74, 6) is -0.614. The molecule has 1 atom stereocenters. The van der Waals surface area contributed by atoms with Crippen molar-refractivity contribution in [2.24, 2.45) is 0 Å². The first kappa shape index (κ1) is 17.5. The van der Waals surface area contributed by atoms with Gasteiger partial charge in [0.1, 0.15) is 11.8 Å². The molecule has 0 aliphatic rings. The Bertz CT molecular complexity index is 510. The average Bonchev–Trinajstić information content (AvgIpc) is 2.27. The Morgan fingerprint density at radius 1 is 1.19 bits per heavy atom. The second-order valence-corrected chi connectivity index (χ2v) is 7.59. The molecule has 1 aromatic carbocycles. The highest BCUT2D eigenvalue weighted by Crippen LogP contribution is 2.31. The van der Waals surface area contributed by atoms with Gasteiger partial charge in [0.15, 0.2) is 0 Å². The van der Waals surface area contributed by atoms with Gasteiger partial charge in [0, 0.05) is 5.54 Å². The van der Waals surface area contributed by atoms with Crippen LogP contribution in [0.2, 0.25) is 0 Å². The van der Waals surface area contributed by atoms with Crippen LogP contribution >= 0.6 is 0 Å². The normalized spacial score (nSPS) is 14.0. The first-order valence-corrected chi connectivity index (χ1v) is 7.23. The molecule has 1 rings (SSSR count). The van der Waals surface area contributed by atoms with Crippen LogP contribution in [0.3, 0.4) is 0 Å². The monoisotopic (exact) mass is 293 g/mol. The van der Waals surface area contributed by atoms with Crippen molar-refractivity contribution in [3.63, 3.8) is 0 Å². The Morgan fingerprint density at radius 3 is 2.19 bits per heavy atom. The van der Waals surface area contributed by atoms with Crippen molar-refractivity contribution < 1.29 is 15.0 Å². The molecular weight excluding hydrogens is 266 g/mol. The molecule has 0 unspecified atom stereocenters. The fraction of sp³-hybridized carbons (Fsp3) is 0.588. The third kappa shape index (κ3) is 5.38. The summed E-state index contributed by atoms with van der Waals surface area (Å²) < 4.78 is 0. The third-order valence-corrected chi connectivity index (χ3v) is 3.21. The molecule has 21 heavy (non-hydrogen) atoms. The molecule has 3 N–H and O–H groups in total. The van der Waals surface area contributed by atoms with Crippen LogP contribution < -0.4 is 5.32 Å². The van der Waals surface area contributed by atoms with E-state index in [0.717, 1.165) is 11.1 Å². The van der Waals surface area contributed by atoms with E-state index in [9.17, 15) is 15.0 Å². The zero-order valence-corrected chi connectivity index (χ0v) is 13.8. The summed E-state index contributed by atoms with van der Waals surface area (Å²) in [6, 6.07) is 4.68. The van der Waals surface area contributed by atoms with Gasteiger partial charge in [-0.1, -0.05) is 32.9 Å². The van der Waals surface area contributed by atoms with E-state index in [1.165, 1.54) is 0 Å². The van der Waals surface area contributed by atoms with Crippen LogP contribution in [0.25, 0.3) is 0 Å². The number of benzene rings is 1. The molecule has 1 aromatic rings. The number of nitrogens with one attached hydrogen (secondary N) is 1. The molecule has 0 aliphatic heterocycles. The van der Waals surface area contributed by atoms with Crippen LogP contribution in [0.1, 0.15) is 52.7 Å².